The van der Waals surface area contributed by atoms with Crippen LogP contribution in [0.3, 0.4) is 0 Å². The van der Waals surface area contributed by atoms with Crippen LogP contribution >= 0.6 is 11.8 Å². The van der Waals surface area contributed by atoms with Gasteiger partial charge in [0.25, 0.3) is 0 Å². The molecule has 86 valence electrons. The van der Waals surface area contributed by atoms with Gasteiger partial charge in [-0.05, 0) is 12.3 Å². The molecule has 2 atom stereocenters. The van der Waals surface area contributed by atoms with Crippen LogP contribution in [0.1, 0.15) is 27.7 Å². The minimum absolute atomic E-state index is 0.0731. The maximum absolute atomic E-state index is 11.2. The highest BCUT2D eigenvalue weighted by Crippen LogP contribution is 2.44. The number of hydrogen-bond donors (Lipinski definition) is 1. The smallest absolute Gasteiger partial charge is 0.330 e. The van der Waals surface area contributed by atoms with Crippen molar-refractivity contribution in [2.75, 3.05) is 5.75 Å². The first-order valence-corrected chi connectivity index (χ1v) is 5.87. The summed E-state index contributed by atoms with van der Waals surface area (Å²) >= 11 is 1.53. The Labute approximate surface area is 94.0 Å². The summed E-state index contributed by atoms with van der Waals surface area (Å²) in [5.74, 6) is -0.489. The normalized spacial score (nSPS) is 31.7. The number of thioether (sulfide) groups is 1. The second-order valence-electron chi connectivity index (χ2n) is 5.12. The third-order valence-corrected chi connectivity index (χ3v) is 4.64. The molecule has 1 rings (SSSR count). The fourth-order valence-electron chi connectivity index (χ4n) is 1.67. The van der Waals surface area contributed by atoms with E-state index in [1.54, 1.807) is 6.92 Å². The summed E-state index contributed by atoms with van der Waals surface area (Å²) in [7, 11) is 0. The lowest BCUT2D eigenvalue weighted by atomic mass is 9.93. The van der Waals surface area contributed by atoms with Crippen molar-refractivity contribution in [3.8, 4) is 0 Å². The molecule has 0 radical (unpaired) electrons. The van der Waals surface area contributed by atoms with E-state index in [9.17, 15) is 9.59 Å². The lowest BCUT2D eigenvalue weighted by Crippen LogP contribution is -2.54. The van der Waals surface area contributed by atoms with E-state index in [1.165, 1.54) is 16.7 Å². The number of carbonyl (C=O) groups is 2. The molecule has 0 saturated carbocycles. The number of carbonyl (C=O) groups excluding carboxylic acids is 1. The zero-order valence-corrected chi connectivity index (χ0v) is 10.3. The van der Waals surface area contributed by atoms with Crippen molar-refractivity contribution in [2.24, 2.45) is 5.41 Å². The SMILES string of the molecule is CC(C)(C)[C@H]1SC[C@@](C)(C(=O)O)N1C=O. The van der Waals surface area contributed by atoms with Crippen molar-refractivity contribution in [2.45, 2.75) is 38.6 Å². The summed E-state index contributed by atoms with van der Waals surface area (Å²) in [5, 5.41) is 9.07. The largest absolute Gasteiger partial charge is 0.479 e. The van der Waals surface area contributed by atoms with Crippen molar-refractivity contribution in [1.29, 1.82) is 0 Å². The average molecular weight is 231 g/mol. The van der Waals surface area contributed by atoms with Crippen LogP contribution in [0.5, 0.6) is 0 Å². The third kappa shape index (κ3) is 1.97. The minimum atomic E-state index is -1.07. The Hall–Kier alpha value is -0.710. The summed E-state index contributed by atoms with van der Waals surface area (Å²) < 4.78 is 0. The number of amides is 1. The fraction of sp³-hybridized carbons (Fsp3) is 0.800. The summed E-state index contributed by atoms with van der Waals surface area (Å²) in [4.78, 5) is 23.6. The molecule has 1 fully saturated rings. The average Bonchev–Trinajstić information content (AvgIpc) is 2.43. The minimum Gasteiger partial charge on any atom is -0.479 e. The quantitative estimate of drug-likeness (QED) is 0.730. The summed E-state index contributed by atoms with van der Waals surface area (Å²) in [5.41, 5.74) is -1.18. The van der Waals surface area contributed by atoms with Gasteiger partial charge in [0, 0.05) is 5.75 Å². The first-order chi connectivity index (χ1) is 6.73. The van der Waals surface area contributed by atoms with Gasteiger partial charge in [-0.25, -0.2) is 4.79 Å². The highest BCUT2D eigenvalue weighted by atomic mass is 32.2. The van der Waals surface area contributed by atoms with Gasteiger partial charge < -0.3 is 10.0 Å². The Bertz CT molecular complexity index is 287. The molecule has 0 aliphatic carbocycles. The van der Waals surface area contributed by atoms with Crippen LogP contribution in [0, 0.1) is 5.41 Å². The molecule has 0 unspecified atom stereocenters. The summed E-state index contributed by atoms with van der Waals surface area (Å²) in [6.07, 6.45) is 0.657. The van der Waals surface area contributed by atoms with Crippen molar-refractivity contribution < 1.29 is 14.7 Å². The lowest BCUT2D eigenvalue weighted by Gasteiger charge is -2.37. The Morgan fingerprint density at radius 2 is 2.13 bits per heavy atom. The van der Waals surface area contributed by atoms with Gasteiger partial charge in [0.2, 0.25) is 6.41 Å². The number of hydrogen-bond acceptors (Lipinski definition) is 3. The van der Waals surface area contributed by atoms with E-state index >= 15 is 0 Å². The number of nitrogens with zero attached hydrogens (tertiary/aromatic N) is 1. The first kappa shape index (κ1) is 12.4. The van der Waals surface area contributed by atoms with Crippen molar-refractivity contribution >= 4 is 24.1 Å². The molecule has 0 bridgehead atoms. The van der Waals surface area contributed by atoms with E-state index in [0.29, 0.717) is 12.2 Å². The first-order valence-electron chi connectivity index (χ1n) is 4.82. The molecular weight excluding hydrogens is 214 g/mol. The fourth-order valence-corrected chi connectivity index (χ4v) is 3.36. The molecule has 0 aromatic rings. The number of carboxylic acids is 1. The van der Waals surface area contributed by atoms with Gasteiger partial charge in [-0.1, -0.05) is 20.8 Å². The molecule has 4 nitrogen and oxygen atoms in total. The molecule has 5 heteroatoms. The molecule has 1 aliphatic rings. The number of rotatable bonds is 2. The van der Waals surface area contributed by atoms with Gasteiger partial charge in [0.05, 0.1) is 5.37 Å². The standard InChI is InChI=1S/C10H17NO3S/c1-9(2,3)7-11(6-12)10(4,5-15-7)8(13)14/h6-7H,5H2,1-4H3,(H,13,14)/t7-,10+/m1/s1. The van der Waals surface area contributed by atoms with Crippen molar-refractivity contribution in [3.63, 3.8) is 0 Å². The van der Waals surface area contributed by atoms with Crippen LogP contribution < -0.4 is 0 Å². The van der Waals surface area contributed by atoms with E-state index in [0.717, 1.165) is 0 Å². The second kappa shape index (κ2) is 3.70. The number of aliphatic carboxylic acids is 1. The van der Waals surface area contributed by atoms with Crippen LogP contribution in [0.2, 0.25) is 0 Å². The van der Waals surface area contributed by atoms with Crippen molar-refractivity contribution in [1.82, 2.24) is 4.90 Å². The van der Waals surface area contributed by atoms with E-state index < -0.39 is 11.5 Å². The van der Waals surface area contributed by atoms with Crippen molar-refractivity contribution in [3.05, 3.63) is 0 Å². The van der Waals surface area contributed by atoms with Crippen LogP contribution in [0.4, 0.5) is 0 Å². The highest BCUT2D eigenvalue weighted by Gasteiger charge is 2.51. The Morgan fingerprint density at radius 1 is 1.60 bits per heavy atom. The van der Waals surface area contributed by atoms with Crippen LogP contribution in [0.25, 0.3) is 0 Å². The van der Waals surface area contributed by atoms with Gasteiger partial charge in [0.1, 0.15) is 5.54 Å². The van der Waals surface area contributed by atoms with Crippen LogP contribution in [-0.4, -0.2) is 39.1 Å². The van der Waals surface area contributed by atoms with Crippen LogP contribution in [-0.2, 0) is 9.59 Å². The molecule has 1 N–H and O–H groups in total. The molecule has 1 aliphatic heterocycles. The maximum Gasteiger partial charge on any atom is 0.330 e. The molecule has 1 amide bonds. The highest BCUT2D eigenvalue weighted by molar-refractivity contribution is 8.00. The van der Waals surface area contributed by atoms with E-state index in [-0.39, 0.29) is 10.8 Å². The van der Waals surface area contributed by atoms with E-state index in [4.69, 9.17) is 5.11 Å². The Kier molecular flexibility index (Phi) is 3.05. The molecule has 1 heterocycles. The van der Waals surface area contributed by atoms with Gasteiger partial charge in [0.15, 0.2) is 0 Å². The summed E-state index contributed by atoms with van der Waals surface area (Å²) in [6, 6.07) is 0. The monoisotopic (exact) mass is 231 g/mol. The van der Waals surface area contributed by atoms with Crippen LogP contribution in [0.15, 0.2) is 0 Å². The molecule has 0 aromatic heterocycles. The van der Waals surface area contributed by atoms with Gasteiger partial charge >= 0.3 is 5.97 Å². The second-order valence-corrected chi connectivity index (χ2v) is 6.19. The predicted octanol–water partition coefficient (Wildman–Crippen LogP) is 1.41. The van der Waals surface area contributed by atoms with Gasteiger partial charge in [-0.15, -0.1) is 11.8 Å². The van der Waals surface area contributed by atoms with Gasteiger partial charge in [-0.2, -0.15) is 0 Å². The topological polar surface area (TPSA) is 57.6 Å². The molecule has 0 aromatic carbocycles. The Morgan fingerprint density at radius 3 is 2.47 bits per heavy atom. The third-order valence-electron chi connectivity index (χ3n) is 2.66. The van der Waals surface area contributed by atoms with E-state index in [2.05, 4.69) is 0 Å². The zero-order valence-electron chi connectivity index (χ0n) is 9.48. The zero-order chi connectivity index (χ0) is 11.9. The number of carboxylic acid groups (broad SMARTS) is 1. The van der Waals surface area contributed by atoms with Gasteiger partial charge in [-0.3, -0.25) is 4.79 Å². The molecule has 15 heavy (non-hydrogen) atoms. The predicted molar refractivity (Wildman–Crippen MR) is 59.6 cm³/mol. The molecular formula is C10H17NO3S. The lowest BCUT2D eigenvalue weighted by molar-refractivity contribution is -0.153. The molecule has 0 spiro atoms. The van der Waals surface area contributed by atoms with E-state index in [1.807, 2.05) is 20.8 Å². The summed E-state index contributed by atoms with van der Waals surface area (Å²) in [6.45, 7) is 7.63. The molecule has 1 saturated heterocycles. The maximum atomic E-state index is 11.2. The Balaban J connectivity index is 3.02.